The van der Waals surface area contributed by atoms with Crippen LogP contribution < -0.4 is 10.2 Å². The summed E-state index contributed by atoms with van der Waals surface area (Å²) in [5.41, 5.74) is 1.15. The fourth-order valence-corrected chi connectivity index (χ4v) is 3.01. The van der Waals surface area contributed by atoms with Gasteiger partial charge in [0.15, 0.2) is 0 Å². The summed E-state index contributed by atoms with van der Waals surface area (Å²) < 4.78 is 0. The first kappa shape index (κ1) is 15.6. The Bertz CT molecular complexity index is 422. The Morgan fingerprint density at radius 2 is 2.20 bits per heavy atom. The maximum atomic E-state index is 6.23. The summed E-state index contributed by atoms with van der Waals surface area (Å²) in [7, 11) is 0. The summed E-state index contributed by atoms with van der Waals surface area (Å²) in [6.45, 7) is 8.41. The predicted octanol–water partition coefficient (Wildman–Crippen LogP) is 3.86. The van der Waals surface area contributed by atoms with Gasteiger partial charge in [-0.2, -0.15) is 0 Å². The van der Waals surface area contributed by atoms with Crippen molar-refractivity contribution < 1.29 is 0 Å². The lowest BCUT2D eigenvalue weighted by Crippen LogP contribution is -2.25. The van der Waals surface area contributed by atoms with Crippen molar-refractivity contribution in [2.45, 2.75) is 46.1 Å². The van der Waals surface area contributed by atoms with Gasteiger partial charge in [0.2, 0.25) is 0 Å². The minimum absolute atomic E-state index is 0.760. The van der Waals surface area contributed by atoms with Crippen LogP contribution in [0.1, 0.15) is 45.1 Å². The van der Waals surface area contributed by atoms with E-state index < -0.39 is 0 Å². The first-order valence-electron chi connectivity index (χ1n) is 7.84. The third-order valence-electron chi connectivity index (χ3n) is 4.23. The van der Waals surface area contributed by atoms with Crippen LogP contribution in [-0.4, -0.2) is 24.6 Å². The maximum absolute atomic E-state index is 6.23. The molecule has 4 heteroatoms. The highest BCUT2D eigenvalue weighted by Gasteiger charge is 2.17. The van der Waals surface area contributed by atoms with E-state index in [1.807, 2.05) is 0 Å². The minimum atomic E-state index is 0.760. The molecule has 0 aromatic carbocycles. The molecular weight excluding hydrogens is 270 g/mol. The summed E-state index contributed by atoms with van der Waals surface area (Å²) in [4.78, 5) is 6.95. The Morgan fingerprint density at radius 1 is 1.35 bits per heavy atom. The van der Waals surface area contributed by atoms with E-state index in [1.54, 1.807) is 6.20 Å². The quantitative estimate of drug-likeness (QED) is 0.894. The Morgan fingerprint density at radius 3 is 2.95 bits per heavy atom. The zero-order chi connectivity index (χ0) is 14.4. The van der Waals surface area contributed by atoms with Crippen LogP contribution in [-0.2, 0) is 6.54 Å². The third-order valence-corrected chi connectivity index (χ3v) is 4.58. The average molecular weight is 296 g/mol. The molecule has 1 saturated heterocycles. The van der Waals surface area contributed by atoms with Crippen LogP contribution in [0.4, 0.5) is 5.82 Å². The molecule has 112 valence electrons. The van der Waals surface area contributed by atoms with E-state index in [1.165, 1.54) is 25.7 Å². The second-order valence-electron chi connectivity index (χ2n) is 5.61. The van der Waals surface area contributed by atoms with Crippen molar-refractivity contribution in [3.63, 3.8) is 0 Å². The molecule has 0 spiro atoms. The third kappa shape index (κ3) is 4.10. The highest BCUT2D eigenvalue weighted by molar-refractivity contribution is 6.31. The topological polar surface area (TPSA) is 28.2 Å². The normalized spacial score (nSPS) is 19.9. The Labute approximate surface area is 127 Å². The first-order valence-corrected chi connectivity index (χ1v) is 8.22. The van der Waals surface area contributed by atoms with E-state index in [0.717, 1.165) is 48.5 Å². The molecular formula is C16H26ClN3. The lowest BCUT2D eigenvalue weighted by molar-refractivity contribution is 0.459. The van der Waals surface area contributed by atoms with Crippen molar-refractivity contribution in [3.8, 4) is 0 Å². The number of pyridine rings is 1. The van der Waals surface area contributed by atoms with Crippen molar-refractivity contribution in [2.75, 3.05) is 24.5 Å². The van der Waals surface area contributed by atoms with Gasteiger partial charge in [0.05, 0.1) is 5.02 Å². The number of nitrogens with zero attached hydrogens (tertiary/aromatic N) is 2. The smallest absolute Gasteiger partial charge is 0.128 e. The van der Waals surface area contributed by atoms with Gasteiger partial charge in [0.1, 0.15) is 5.82 Å². The summed E-state index contributed by atoms with van der Waals surface area (Å²) >= 11 is 6.23. The molecule has 0 radical (unpaired) electrons. The molecule has 1 N–H and O–H groups in total. The number of anilines is 1. The number of rotatable bonds is 5. The monoisotopic (exact) mass is 295 g/mol. The van der Waals surface area contributed by atoms with Gasteiger partial charge in [-0.25, -0.2) is 4.98 Å². The van der Waals surface area contributed by atoms with Crippen molar-refractivity contribution in [2.24, 2.45) is 5.92 Å². The van der Waals surface area contributed by atoms with Crippen LogP contribution in [0, 0.1) is 5.92 Å². The van der Waals surface area contributed by atoms with Gasteiger partial charge >= 0.3 is 0 Å². The molecule has 1 aliphatic rings. The molecule has 0 saturated carbocycles. The van der Waals surface area contributed by atoms with Gasteiger partial charge in [-0.05, 0) is 43.4 Å². The van der Waals surface area contributed by atoms with E-state index >= 15 is 0 Å². The largest absolute Gasteiger partial charge is 0.357 e. The van der Waals surface area contributed by atoms with Crippen LogP contribution in [0.5, 0.6) is 0 Å². The summed E-state index contributed by atoms with van der Waals surface area (Å²) in [5.74, 6) is 1.97. The van der Waals surface area contributed by atoms with E-state index in [4.69, 9.17) is 11.6 Å². The van der Waals surface area contributed by atoms with Gasteiger partial charge in [-0.15, -0.1) is 0 Å². The average Bonchev–Trinajstić information content (AvgIpc) is 2.72. The molecule has 2 rings (SSSR count). The number of hydrogen-bond donors (Lipinski definition) is 1. The van der Waals surface area contributed by atoms with Gasteiger partial charge in [-0.1, -0.05) is 31.9 Å². The standard InChI is InChI=1S/C16H26ClN3/c1-3-13-6-5-8-20(9-7-13)16-10-14(11-18-4-2)15(17)12-19-16/h10,12-13,18H,3-9,11H2,1-2H3. The molecule has 1 aromatic heterocycles. The molecule has 0 amide bonds. The van der Waals surface area contributed by atoms with E-state index in [0.29, 0.717) is 0 Å². The lowest BCUT2D eigenvalue weighted by atomic mass is 9.98. The Balaban J connectivity index is 2.07. The van der Waals surface area contributed by atoms with Crippen LogP contribution in [0.3, 0.4) is 0 Å². The second-order valence-corrected chi connectivity index (χ2v) is 6.01. The molecule has 1 aromatic rings. The van der Waals surface area contributed by atoms with Crippen molar-refractivity contribution in [1.29, 1.82) is 0 Å². The minimum Gasteiger partial charge on any atom is -0.357 e. The molecule has 1 fully saturated rings. The van der Waals surface area contributed by atoms with Gasteiger partial charge in [-0.3, -0.25) is 0 Å². The maximum Gasteiger partial charge on any atom is 0.128 e. The van der Waals surface area contributed by atoms with E-state index in [9.17, 15) is 0 Å². The highest BCUT2D eigenvalue weighted by Crippen LogP contribution is 2.25. The molecule has 2 heterocycles. The SMILES string of the molecule is CCNCc1cc(N2CCCC(CC)CC2)ncc1Cl. The zero-order valence-electron chi connectivity index (χ0n) is 12.7. The lowest BCUT2D eigenvalue weighted by Gasteiger charge is -2.22. The fraction of sp³-hybridized carbons (Fsp3) is 0.688. The van der Waals surface area contributed by atoms with Gasteiger partial charge in [0.25, 0.3) is 0 Å². The molecule has 0 aliphatic carbocycles. The number of hydrogen-bond acceptors (Lipinski definition) is 3. The van der Waals surface area contributed by atoms with Crippen molar-refractivity contribution >= 4 is 17.4 Å². The van der Waals surface area contributed by atoms with Gasteiger partial charge < -0.3 is 10.2 Å². The van der Waals surface area contributed by atoms with Crippen LogP contribution in [0.2, 0.25) is 5.02 Å². The zero-order valence-corrected chi connectivity index (χ0v) is 13.4. The van der Waals surface area contributed by atoms with Crippen LogP contribution >= 0.6 is 11.6 Å². The molecule has 1 aliphatic heterocycles. The molecule has 3 nitrogen and oxygen atoms in total. The summed E-state index contributed by atoms with van der Waals surface area (Å²) in [6.07, 6.45) is 7.00. The molecule has 1 unspecified atom stereocenters. The summed E-state index contributed by atoms with van der Waals surface area (Å²) in [5, 5.41) is 4.09. The van der Waals surface area contributed by atoms with Crippen molar-refractivity contribution in [1.82, 2.24) is 10.3 Å². The molecule has 20 heavy (non-hydrogen) atoms. The van der Waals surface area contributed by atoms with Crippen LogP contribution in [0.15, 0.2) is 12.3 Å². The van der Waals surface area contributed by atoms with Gasteiger partial charge in [0, 0.05) is 25.8 Å². The Hall–Kier alpha value is -0.800. The fourth-order valence-electron chi connectivity index (χ4n) is 2.84. The van der Waals surface area contributed by atoms with Crippen molar-refractivity contribution in [3.05, 3.63) is 22.8 Å². The molecule has 0 bridgehead atoms. The second kappa shape index (κ2) is 7.84. The van der Waals surface area contributed by atoms with E-state index in [-0.39, 0.29) is 0 Å². The summed E-state index contributed by atoms with van der Waals surface area (Å²) in [6, 6.07) is 2.15. The van der Waals surface area contributed by atoms with E-state index in [2.05, 4.69) is 35.1 Å². The molecule has 1 atom stereocenters. The predicted molar refractivity (Wildman–Crippen MR) is 86.5 cm³/mol. The first-order chi connectivity index (χ1) is 9.74. The Kier molecular flexibility index (Phi) is 6.11. The highest BCUT2D eigenvalue weighted by atomic mass is 35.5. The van der Waals surface area contributed by atoms with Crippen LogP contribution in [0.25, 0.3) is 0 Å². The number of aromatic nitrogens is 1. The number of nitrogens with one attached hydrogen (secondary N) is 1. The number of halogens is 1.